The molecule has 0 saturated heterocycles. The summed E-state index contributed by atoms with van der Waals surface area (Å²) in [5, 5.41) is 3.27. The van der Waals surface area contributed by atoms with Crippen molar-refractivity contribution in [2.24, 2.45) is 0 Å². The third-order valence-corrected chi connectivity index (χ3v) is 6.21. The summed E-state index contributed by atoms with van der Waals surface area (Å²) >= 11 is 7.38. The summed E-state index contributed by atoms with van der Waals surface area (Å²) in [7, 11) is 0. The van der Waals surface area contributed by atoms with Crippen molar-refractivity contribution < 1.29 is 14.0 Å². The van der Waals surface area contributed by atoms with E-state index in [4.69, 9.17) is 11.6 Å². The van der Waals surface area contributed by atoms with E-state index in [9.17, 15) is 14.0 Å². The number of fused-ring (bicyclic) bond motifs is 1. The molecule has 0 bridgehead atoms. The van der Waals surface area contributed by atoms with E-state index in [1.165, 1.54) is 23.5 Å². The third-order valence-electron chi connectivity index (χ3n) is 4.88. The molecular weight excluding hydrogens is 449 g/mol. The van der Waals surface area contributed by atoms with E-state index >= 15 is 0 Å². The summed E-state index contributed by atoms with van der Waals surface area (Å²) < 4.78 is 14.2. The summed E-state index contributed by atoms with van der Waals surface area (Å²) in [6, 6.07) is 18.8. The van der Waals surface area contributed by atoms with Crippen molar-refractivity contribution in [2.45, 2.75) is 13.3 Å². The Labute approximate surface area is 193 Å². The highest BCUT2D eigenvalue weighted by molar-refractivity contribution is 7.22. The zero-order valence-electron chi connectivity index (χ0n) is 17.1. The second kappa shape index (κ2) is 9.46. The fraction of sp³-hybridized carbons (Fsp3) is 0.125. The molecule has 0 fully saturated rings. The second-order valence-corrected chi connectivity index (χ2v) is 8.53. The number of anilines is 2. The Bertz CT molecular complexity index is 1270. The minimum atomic E-state index is -0.522. The molecule has 1 heterocycles. The van der Waals surface area contributed by atoms with Crippen molar-refractivity contribution in [3.8, 4) is 0 Å². The highest BCUT2D eigenvalue weighted by Crippen LogP contribution is 2.35. The highest BCUT2D eigenvalue weighted by Gasteiger charge is 2.23. The molecule has 0 aliphatic heterocycles. The number of hydrogen-bond acceptors (Lipinski definition) is 4. The van der Waals surface area contributed by atoms with E-state index in [2.05, 4.69) is 10.3 Å². The maximum atomic E-state index is 13.3. The van der Waals surface area contributed by atoms with Gasteiger partial charge in [0.2, 0.25) is 5.91 Å². The van der Waals surface area contributed by atoms with E-state index in [1.54, 1.807) is 4.90 Å². The summed E-state index contributed by atoms with van der Waals surface area (Å²) in [4.78, 5) is 31.9. The molecule has 32 heavy (non-hydrogen) atoms. The molecule has 4 aromatic rings. The van der Waals surface area contributed by atoms with Crippen molar-refractivity contribution in [1.29, 1.82) is 0 Å². The van der Waals surface area contributed by atoms with Crippen molar-refractivity contribution in [3.63, 3.8) is 0 Å². The number of nitrogens with one attached hydrogen (secondary N) is 1. The number of nitrogens with zero attached hydrogens (tertiary/aromatic N) is 2. The summed E-state index contributed by atoms with van der Waals surface area (Å²) in [6.45, 7) is 2.03. The van der Waals surface area contributed by atoms with Crippen LogP contribution in [0.15, 0.2) is 66.7 Å². The number of benzene rings is 3. The Morgan fingerprint density at radius 3 is 2.59 bits per heavy atom. The van der Waals surface area contributed by atoms with Gasteiger partial charge >= 0.3 is 0 Å². The quantitative estimate of drug-likeness (QED) is 0.385. The number of amides is 2. The maximum absolute atomic E-state index is 13.3. The number of para-hydroxylation sites is 2. The van der Waals surface area contributed by atoms with Crippen LogP contribution in [0.1, 0.15) is 22.3 Å². The van der Waals surface area contributed by atoms with Gasteiger partial charge in [0.15, 0.2) is 5.13 Å². The van der Waals surface area contributed by atoms with Gasteiger partial charge < -0.3 is 5.32 Å². The fourth-order valence-corrected chi connectivity index (χ4v) is 4.53. The predicted octanol–water partition coefficient (Wildman–Crippen LogP) is 5.88. The standard InChI is InChI=1S/C24H19ClFN3O2S/c1-15-6-2-4-8-20(15)29(24-28-19-7-3-5-9-21(19)32-24)22(30)12-13-27-23(31)17-11-10-16(26)14-18(17)25/h2-11,14H,12-13H2,1H3,(H,27,31). The molecule has 0 aliphatic carbocycles. The first-order valence-corrected chi connectivity index (χ1v) is 11.1. The summed E-state index contributed by atoms with van der Waals surface area (Å²) in [5.41, 5.74) is 2.65. The van der Waals surface area contributed by atoms with Gasteiger partial charge in [0, 0.05) is 13.0 Å². The predicted molar refractivity (Wildman–Crippen MR) is 126 cm³/mol. The number of aryl methyl sites for hydroxylation is 1. The SMILES string of the molecule is Cc1ccccc1N(C(=O)CCNC(=O)c1ccc(F)cc1Cl)c1nc2ccccc2s1. The average molecular weight is 468 g/mol. The van der Waals surface area contributed by atoms with Gasteiger partial charge in [-0.15, -0.1) is 0 Å². The van der Waals surface area contributed by atoms with Gasteiger partial charge in [0.05, 0.1) is 26.5 Å². The first-order valence-electron chi connectivity index (χ1n) is 9.91. The molecule has 8 heteroatoms. The van der Waals surface area contributed by atoms with Gasteiger partial charge in [-0.1, -0.05) is 53.3 Å². The van der Waals surface area contributed by atoms with Crippen molar-refractivity contribution in [1.82, 2.24) is 10.3 Å². The van der Waals surface area contributed by atoms with Crippen LogP contribution in [0, 0.1) is 12.7 Å². The Balaban J connectivity index is 1.54. The normalized spacial score (nSPS) is 10.8. The van der Waals surface area contributed by atoms with Gasteiger partial charge in [-0.25, -0.2) is 9.37 Å². The number of aromatic nitrogens is 1. The Morgan fingerprint density at radius 1 is 1.09 bits per heavy atom. The number of rotatable bonds is 6. The highest BCUT2D eigenvalue weighted by atomic mass is 35.5. The van der Waals surface area contributed by atoms with Crippen molar-refractivity contribution in [2.75, 3.05) is 11.4 Å². The van der Waals surface area contributed by atoms with Gasteiger partial charge in [0.25, 0.3) is 5.91 Å². The molecule has 0 saturated carbocycles. The number of thiazole rings is 1. The second-order valence-electron chi connectivity index (χ2n) is 7.11. The van der Waals surface area contributed by atoms with E-state index in [0.29, 0.717) is 5.13 Å². The van der Waals surface area contributed by atoms with Crippen molar-refractivity contribution >= 4 is 55.8 Å². The van der Waals surface area contributed by atoms with E-state index in [1.807, 2.05) is 55.5 Å². The van der Waals surface area contributed by atoms with Crippen LogP contribution in [0.4, 0.5) is 15.2 Å². The van der Waals surface area contributed by atoms with Crippen LogP contribution in [0.25, 0.3) is 10.2 Å². The van der Waals surface area contributed by atoms with Gasteiger partial charge in [-0.2, -0.15) is 0 Å². The first kappa shape index (κ1) is 21.9. The van der Waals surface area contributed by atoms with E-state index in [0.717, 1.165) is 27.5 Å². The summed E-state index contributed by atoms with van der Waals surface area (Å²) in [6.07, 6.45) is 0.0504. The molecule has 0 unspecified atom stereocenters. The lowest BCUT2D eigenvalue weighted by Gasteiger charge is -2.22. The van der Waals surface area contributed by atoms with Crippen LogP contribution in [0.3, 0.4) is 0 Å². The molecule has 162 valence electrons. The van der Waals surface area contributed by atoms with Crippen LogP contribution in [-0.2, 0) is 4.79 Å². The molecule has 2 amide bonds. The Kier molecular flexibility index (Phi) is 6.48. The minimum Gasteiger partial charge on any atom is -0.351 e. The topological polar surface area (TPSA) is 62.3 Å². The molecule has 1 N–H and O–H groups in total. The minimum absolute atomic E-state index is 0.0184. The van der Waals surface area contributed by atoms with Crippen LogP contribution < -0.4 is 10.2 Å². The molecular formula is C24H19ClFN3O2S. The molecule has 1 aromatic heterocycles. The van der Waals surface area contributed by atoms with Crippen molar-refractivity contribution in [3.05, 3.63) is 88.7 Å². The number of carbonyl (C=O) groups excluding carboxylic acids is 2. The van der Waals surface area contributed by atoms with Gasteiger partial charge in [-0.05, 0) is 48.9 Å². The van der Waals surface area contributed by atoms with Crippen LogP contribution in [0.2, 0.25) is 5.02 Å². The zero-order valence-corrected chi connectivity index (χ0v) is 18.7. The van der Waals surface area contributed by atoms with Crippen LogP contribution >= 0.6 is 22.9 Å². The maximum Gasteiger partial charge on any atom is 0.252 e. The molecule has 0 spiro atoms. The molecule has 3 aromatic carbocycles. The fourth-order valence-electron chi connectivity index (χ4n) is 3.28. The van der Waals surface area contributed by atoms with Gasteiger partial charge in [-0.3, -0.25) is 14.5 Å². The summed E-state index contributed by atoms with van der Waals surface area (Å²) in [5.74, 6) is -1.19. The lowest BCUT2D eigenvalue weighted by atomic mass is 10.1. The molecule has 0 atom stereocenters. The number of carbonyl (C=O) groups is 2. The zero-order chi connectivity index (χ0) is 22.7. The Hall–Kier alpha value is -3.29. The van der Waals surface area contributed by atoms with E-state index in [-0.39, 0.29) is 29.5 Å². The molecule has 0 aliphatic rings. The number of hydrogen-bond donors (Lipinski definition) is 1. The van der Waals surface area contributed by atoms with Gasteiger partial charge in [0.1, 0.15) is 5.82 Å². The average Bonchev–Trinajstić information content (AvgIpc) is 3.18. The monoisotopic (exact) mass is 467 g/mol. The number of halogens is 2. The third kappa shape index (κ3) is 4.64. The first-order chi connectivity index (χ1) is 15.4. The largest absolute Gasteiger partial charge is 0.351 e. The Morgan fingerprint density at radius 2 is 1.84 bits per heavy atom. The van der Waals surface area contributed by atoms with E-state index < -0.39 is 11.7 Å². The molecule has 4 rings (SSSR count). The van der Waals surface area contributed by atoms with Crippen LogP contribution in [-0.4, -0.2) is 23.3 Å². The smallest absolute Gasteiger partial charge is 0.252 e. The van der Waals surface area contributed by atoms with Crippen LogP contribution in [0.5, 0.6) is 0 Å². The lowest BCUT2D eigenvalue weighted by molar-refractivity contribution is -0.117. The lowest BCUT2D eigenvalue weighted by Crippen LogP contribution is -2.32. The molecule has 0 radical (unpaired) electrons. The molecule has 5 nitrogen and oxygen atoms in total.